The fourth-order valence-electron chi connectivity index (χ4n) is 2.97. The molecule has 35 heavy (non-hydrogen) atoms. The first-order chi connectivity index (χ1) is 16.8. The molecule has 11 heteroatoms. The van der Waals surface area contributed by atoms with Crippen LogP contribution in [0.3, 0.4) is 0 Å². The number of Topliss-reactive ketones (excluding diaryl/α,β-unsaturated/α-hetero) is 1. The van der Waals surface area contributed by atoms with E-state index in [1.807, 2.05) is 20.8 Å². The second-order valence-corrected chi connectivity index (χ2v) is 7.74. The molecule has 0 heterocycles. The summed E-state index contributed by atoms with van der Waals surface area (Å²) >= 11 is 12.7. The highest BCUT2D eigenvalue weighted by atomic mass is 35.5. The zero-order chi connectivity index (χ0) is 26.0. The van der Waals surface area contributed by atoms with Crippen LogP contribution in [0, 0.1) is 0 Å². The van der Waals surface area contributed by atoms with Crippen LogP contribution in [0.25, 0.3) is 0 Å². The molecule has 0 saturated carbocycles. The van der Waals surface area contributed by atoms with Gasteiger partial charge >= 0.3 is 0 Å². The molecule has 0 spiro atoms. The molecule has 2 aromatic rings. The van der Waals surface area contributed by atoms with E-state index in [9.17, 15) is 9.59 Å². The minimum atomic E-state index is -1.44. The van der Waals surface area contributed by atoms with Crippen LogP contribution < -0.4 is 24.3 Å². The number of azo groups is 1. The number of benzene rings is 2. The Labute approximate surface area is 214 Å². The van der Waals surface area contributed by atoms with Crippen LogP contribution in [0.2, 0.25) is 10.0 Å². The van der Waals surface area contributed by atoms with Crippen LogP contribution in [0.15, 0.2) is 34.5 Å². The summed E-state index contributed by atoms with van der Waals surface area (Å²) < 4.78 is 22.2. The second kappa shape index (κ2) is 13.7. The second-order valence-electron chi connectivity index (χ2n) is 6.95. The normalized spacial score (nSPS) is 11.7. The lowest BCUT2D eigenvalue weighted by molar-refractivity contribution is -0.126. The number of hydrogen-bond donors (Lipinski definition) is 1. The summed E-state index contributed by atoms with van der Waals surface area (Å²) in [6, 6.07) is 4.82. The van der Waals surface area contributed by atoms with Gasteiger partial charge in [-0.3, -0.25) is 9.59 Å². The van der Waals surface area contributed by atoms with Gasteiger partial charge in [-0.1, -0.05) is 23.2 Å². The van der Waals surface area contributed by atoms with Crippen molar-refractivity contribution in [3.05, 3.63) is 34.3 Å². The third kappa shape index (κ3) is 7.47. The fraction of sp³-hybridized carbons (Fsp3) is 0.417. The van der Waals surface area contributed by atoms with Crippen molar-refractivity contribution in [1.29, 1.82) is 0 Å². The van der Waals surface area contributed by atoms with E-state index in [1.165, 1.54) is 13.0 Å². The molecule has 0 aliphatic heterocycles. The Balaban J connectivity index is 2.34. The van der Waals surface area contributed by atoms with Gasteiger partial charge in [-0.05, 0) is 46.8 Å². The first-order valence-corrected chi connectivity index (χ1v) is 11.9. The van der Waals surface area contributed by atoms with E-state index in [2.05, 4.69) is 15.5 Å². The monoisotopic (exact) mass is 525 g/mol. The van der Waals surface area contributed by atoms with Gasteiger partial charge in [0.15, 0.2) is 23.0 Å². The number of carbonyl (C=O) groups excluding carboxylic acids is 2. The van der Waals surface area contributed by atoms with Gasteiger partial charge in [-0.15, -0.1) is 0 Å². The lowest BCUT2D eigenvalue weighted by Crippen LogP contribution is -2.32. The lowest BCUT2D eigenvalue weighted by Gasteiger charge is -2.17. The molecule has 0 radical (unpaired) electrons. The summed E-state index contributed by atoms with van der Waals surface area (Å²) in [5.41, 5.74) is 0.487. The highest BCUT2D eigenvalue weighted by Gasteiger charge is 2.26. The summed E-state index contributed by atoms with van der Waals surface area (Å²) in [5, 5.41) is 11.1. The highest BCUT2D eigenvalue weighted by Crippen LogP contribution is 2.41. The highest BCUT2D eigenvalue weighted by molar-refractivity contribution is 6.34. The van der Waals surface area contributed by atoms with E-state index in [1.54, 1.807) is 25.1 Å². The molecule has 1 N–H and O–H groups in total. The van der Waals surface area contributed by atoms with Crippen LogP contribution in [0.4, 0.5) is 11.4 Å². The Morgan fingerprint density at radius 2 is 1.46 bits per heavy atom. The van der Waals surface area contributed by atoms with Gasteiger partial charge in [0.1, 0.15) is 16.5 Å². The van der Waals surface area contributed by atoms with E-state index in [-0.39, 0.29) is 27.2 Å². The molecule has 0 fully saturated rings. The summed E-state index contributed by atoms with van der Waals surface area (Å²) in [6.45, 7) is 10.0. The first kappa shape index (κ1) is 28.2. The van der Waals surface area contributed by atoms with Gasteiger partial charge in [0, 0.05) is 12.1 Å². The van der Waals surface area contributed by atoms with Gasteiger partial charge in [0.2, 0.25) is 6.04 Å². The largest absolute Gasteiger partial charge is 0.492 e. The number of hydrogen-bond acceptors (Lipinski definition) is 8. The van der Waals surface area contributed by atoms with Gasteiger partial charge in [0.05, 0.1) is 37.1 Å². The van der Waals surface area contributed by atoms with Gasteiger partial charge < -0.3 is 24.3 Å². The van der Waals surface area contributed by atoms with Crippen molar-refractivity contribution in [2.45, 2.75) is 40.7 Å². The number of nitrogens with one attached hydrogen (secondary N) is 1. The predicted molar refractivity (Wildman–Crippen MR) is 135 cm³/mol. The van der Waals surface area contributed by atoms with Crippen molar-refractivity contribution in [1.82, 2.24) is 0 Å². The summed E-state index contributed by atoms with van der Waals surface area (Å²) in [7, 11) is 0. The van der Waals surface area contributed by atoms with E-state index in [0.717, 1.165) is 0 Å². The minimum Gasteiger partial charge on any atom is -0.492 e. The Morgan fingerprint density at radius 3 is 2.03 bits per heavy atom. The topological polar surface area (TPSA) is 108 Å². The maximum absolute atomic E-state index is 13.0. The standard InChI is InChI=1S/C24H29Cl2N3O6/c1-6-32-18-11-10-16(23(21(18)26)35-9-4)27-24(31)22(14(5)30)29-28-17-13-20(34-8-3)19(33-7-2)12-15(17)25/h10-13,22H,6-9H2,1-5H3,(H,27,31). The van der Waals surface area contributed by atoms with Crippen LogP contribution in [0.1, 0.15) is 34.6 Å². The molecule has 9 nitrogen and oxygen atoms in total. The Hall–Kier alpha value is -3.04. The maximum atomic E-state index is 13.0. The Morgan fingerprint density at radius 1 is 0.886 bits per heavy atom. The SMILES string of the molecule is CCOc1cc(Cl)c(N=NC(C(C)=O)C(=O)Nc2ccc(OCC)c(Cl)c2OCC)cc1OCC. The molecule has 190 valence electrons. The van der Waals surface area contributed by atoms with E-state index >= 15 is 0 Å². The van der Waals surface area contributed by atoms with Crippen LogP contribution in [0.5, 0.6) is 23.0 Å². The molecule has 1 atom stereocenters. The zero-order valence-corrected chi connectivity index (χ0v) is 21.8. The molecule has 0 aliphatic rings. The maximum Gasteiger partial charge on any atom is 0.258 e. The molecule has 2 aromatic carbocycles. The average Bonchev–Trinajstić information content (AvgIpc) is 2.81. The Bertz CT molecular complexity index is 1080. The molecule has 1 amide bonds. The van der Waals surface area contributed by atoms with Crippen molar-refractivity contribution in [2.24, 2.45) is 10.2 Å². The molecular weight excluding hydrogens is 497 g/mol. The third-order valence-electron chi connectivity index (χ3n) is 4.44. The number of rotatable bonds is 13. The quantitative estimate of drug-likeness (QED) is 0.244. The van der Waals surface area contributed by atoms with Crippen molar-refractivity contribution >= 4 is 46.3 Å². The van der Waals surface area contributed by atoms with Gasteiger partial charge in [-0.2, -0.15) is 10.2 Å². The summed E-state index contributed by atoms with van der Waals surface area (Å²) in [6.07, 6.45) is 0. The number of carbonyl (C=O) groups is 2. The molecule has 0 aliphatic carbocycles. The van der Waals surface area contributed by atoms with E-state index < -0.39 is 17.7 Å². The molecule has 1 unspecified atom stereocenters. The lowest BCUT2D eigenvalue weighted by atomic mass is 10.2. The number of nitrogens with zero attached hydrogens (tertiary/aromatic N) is 2. The number of amides is 1. The minimum absolute atomic E-state index is 0.206. The van der Waals surface area contributed by atoms with Crippen molar-refractivity contribution in [3.63, 3.8) is 0 Å². The smallest absolute Gasteiger partial charge is 0.258 e. The van der Waals surface area contributed by atoms with Gasteiger partial charge in [-0.25, -0.2) is 0 Å². The number of halogens is 2. The predicted octanol–water partition coefficient (Wildman–Crippen LogP) is 6.27. The van der Waals surface area contributed by atoms with Crippen molar-refractivity contribution in [3.8, 4) is 23.0 Å². The first-order valence-electron chi connectivity index (χ1n) is 11.2. The van der Waals surface area contributed by atoms with Crippen molar-refractivity contribution < 1.29 is 28.5 Å². The fourth-order valence-corrected chi connectivity index (χ4v) is 3.43. The molecule has 0 bridgehead atoms. The van der Waals surface area contributed by atoms with Gasteiger partial charge in [0.25, 0.3) is 5.91 Å². The average molecular weight is 526 g/mol. The third-order valence-corrected chi connectivity index (χ3v) is 5.10. The number of anilines is 1. The van der Waals surface area contributed by atoms with Crippen molar-refractivity contribution in [2.75, 3.05) is 31.7 Å². The molecular formula is C24H29Cl2N3O6. The van der Waals surface area contributed by atoms with Crippen LogP contribution in [-0.4, -0.2) is 44.2 Å². The van der Waals surface area contributed by atoms with Crippen LogP contribution in [-0.2, 0) is 9.59 Å². The Kier molecular flexibility index (Phi) is 11.1. The molecule has 0 aromatic heterocycles. The number of ether oxygens (including phenoxy) is 4. The zero-order valence-electron chi connectivity index (χ0n) is 20.3. The van der Waals surface area contributed by atoms with E-state index in [0.29, 0.717) is 43.7 Å². The summed E-state index contributed by atoms with van der Waals surface area (Å²) in [4.78, 5) is 25.2. The molecule has 0 saturated heterocycles. The molecule has 2 rings (SSSR count). The summed E-state index contributed by atoms with van der Waals surface area (Å²) in [5.74, 6) is 0.275. The number of ketones is 1. The van der Waals surface area contributed by atoms with E-state index in [4.69, 9.17) is 42.1 Å². The van der Waals surface area contributed by atoms with Crippen LogP contribution >= 0.6 is 23.2 Å².